The zero-order chi connectivity index (χ0) is 11.4. The van der Waals surface area contributed by atoms with Crippen LogP contribution in [0.3, 0.4) is 0 Å². The Morgan fingerprint density at radius 2 is 2.20 bits per heavy atom. The molecule has 0 aliphatic carbocycles. The quantitative estimate of drug-likeness (QED) is 0.779. The molecular formula is C11H13ClO3. The van der Waals surface area contributed by atoms with E-state index in [-0.39, 0.29) is 16.3 Å². The van der Waals surface area contributed by atoms with E-state index in [0.717, 1.165) is 6.42 Å². The highest BCUT2D eigenvalue weighted by molar-refractivity contribution is 6.31. The molecule has 0 amide bonds. The van der Waals surface area contributed by atoms with Crippen molar-refractivity contribution in [2.75, 3.05) is 0 Å². The van der Waals surface area contributed by atoms with Crippen LogP contribution in [0, 0.1) is 0 Å². The Bertz CT molecular complexity index is 363. The number of halogens is 1. The maximum absolute atomic E-state index is 10.6. The smallest absolute Gasteiger partial charge is 0.153 e. The molecule has 0 spiro atoms. The van der Waals surface area contributed by atoms with E-state index in [1.54, 1.807) is 0 Å². The van der Waals surface area contributed by atoms with Crippen molar-refractivity contribution in [3.05, 3.63) is 28.3 Å². The van der Waals surface area contributed by atoms with Crippen molar-refractivity contribution in [1.29, 1.82) is 0 Å². The predicted octanol–water partition coefficient (Wildman–Crippen LogP) is 2.69. The van der Waals surface area contributed by atoms with Crippen LogP contribution in [-0.2, 0) is 0 Å². The van der Waals surface area contributed by atoms with Gasteiger partial charge in [0.15, 0.2) is 6.29 Å². The van der Waals surface area contributed by atoms with Crippen molar-refractivity contribution in [2.45, 2.75) is 25.9 Å². The third-order valence-electron chi connectivity index (χ3n) is 2.19. The molecule has 0 aromatic heterocycles. The van der Waals surface area contributed by atoms with Crippen LogP contribution in [-0.4, -0.2) is 16.5 Å². The van der Waals surface area contributed by atoms with E-state index < -0.39 is 6.10 Å². The van der Waals surface area contributed by atoms with Crippen LogP contribution >= 0.6 is 11.6 Å². The first-order valence-electron chi connectivity index (χ1n) is 4.75. The first-order valence-corrected chi connectivity index (χ1v) is 5.13. The predicted molar refractivity (Wildman–Crippen MR) is 58.4 cm³/mol. The Morgan fingerprint density at radius 3 is 2.73 bits per heavy atom. The summed E-state index contributed by atoms with van der Waals surface area (Å²) in [6, 6.07) is 2.70. The van der Waals surface area contributed by atoms with Gasteiger partial charge in [-0.25, -0.2) is 0 Å². The summed E-state index contributed by atoms with van der Waals surface area (Å²) in [6.45, 7) is 1.94. The monoisotopic (exact) mass is 228 g/mol. The number of phenolic OH excluding ortho intramolecular Hbond substituents is 1. The zero-order valence-corrected chi connectivity index (χ0v) is 9.16. The second-order valence-electron chi connectivity index (χ2n) is 3.35. The topological polar surface area (TPSA) is 57.5 Å². The van der Waals surface area contributed by atoms with Crippen LogP contribution in [0.1, 0.15) is 41.8 Å². The Morgan fingerprint density at radius 1 is 1.53 bits per heavy atom. The average Bonchev–Trinajstić information content (AvgIpc) is 2.18. The van der Waals surface area contributed by atoms with Crippen molar-refractivity contribution in [3.8, 4) is 5.75 Å². The molecule has 1 atom stereocenters. The molecular weight excluding hydrogens is 216 g/mol. The van der Waals surface area contributed by atoms with Crippen molar-refractivity contribution in [1.82, 2.24) is 0 Å². The molecule has 0 aliphatic heterocycles. The normalized spacial score (nSPS) is 12.5. The lowest BCUT2D eigenvalue weighted by Crippen LogP contribution is -1.99. The zero-order valence-electron chi connectivity index (χ0n) is 8.40. The highest BCUT2D eigenvalue weighted by Crippen LogP contribution is 2.31. The summed E-state index contributed by atoms with van der Waals surface area (Å²) >= 11 is 5.85. The number of benzene rings is 1. The molecule has 3 nitrogen and oxygen atoms in total. The molecule has 1 aromatic carbocycles. The number of phenols is 1. The number of aromatic hydroxyl groups is 1. The van der Waals surface area contributed by atoms with Crippen LogP contribution in [0.5, 0.6) is 5.75 Å². The number of hydrogen-bond acceptors (Lipinski definition) is 3. The summed E-state index contributed by atoms with van der Waals surface area (Å²) in [5.74, 6) is -0.164. The average molecular weight is 229 g/mol. The van der Waals surface area contributed by atoms with Gasteiger partial charge in [-0.1, -0.05) is 24.9 Å². The number of carbonyl (C=O) groups is 1. The van der Waals surface area contributed by atoms with Crippen molar-refractivity contribution >= 4 is 17.9 Å². The fourth-order valence-electron chi connectivity index (χ4n) is 1.38. The van der Waals surface area contributed by atoms with Gasteiger partial charge in [0.1, 0.15) is 5.75 Å². The second kappa shape index (κ2) is 5.14. The summed E-state index contributed by atoms with van der Waals surface area (Å²) in [7, 11) is 0. The van der Waals surface area contributed by atoms with E-state index in [1.165, 1.54) is 12.1 Å². The lowest BCUT2D eigenvalue weighted by atomic mass is 10.0. The van der Waals surface area contributed by atoms with Crippen LogP contribution in [0.2, 0.25) is 5.02 Å². The molecule has 1 aromatic rings. The highest BCUT2D eigenvalue weighted by Gasteiger charge is 2.14. The second-order valence-corrected chi connectivity index (χ2v) is 3.76. The van der Waals surface area contributed by atoms with E-state index >= 15 is 0 Å². The minimum Gasteiger partial charge on any atom is -0.507 e. The van der Waals surface area contributed by atoms with Gasteiger partial charge in [-0.2, -0.15) is 0 Å². The standard InChI is InChI=1S/C11H13ClO3/c1-2-3-10(14)8-4-7(6-13)11(15)5-9(8)12/h4-6,10,14-15H,2-3H2,1H3. The van der Waals surface area contributed by atoms with Gasteiger partial charge in [-0.15, -0.1) is 0 Å². The summed E-state index contributed by atoms with van der Waals surface area (Å²) in [5, 5.41) is 19.3. The largest absolute Gasteiger partial charge is 0.507 e. The number of aliphatic hydroxyl groups is 1. The van der Waals surface area contributed by atoms with Gasteiger partial charge in [0.05, 0.1) is 16.7 Å². The lowest BCUT2D eigenvalue weighted by Gasteiger charge is -2.12. The Hall–Kier alpha value is -1.06. The molecule has 0 fully saturated rings. The SMILES string of the molecule is CCCC(O)c1cc(C=O)c(O)cc1Cl. The lowest BCUT2D eigenvalue weighted by molar-refractivity contribution is 0.112. The molecule has 0 saturated heterocycles. The maximum Gasteiger partial charge on any atom is 0.153 e. The molecule has 0 radical (unpaired) electrons. The molecule has 0 saturated carbocycles. The number of carbonyl (C=O) groups excluding carboxylic acids is 1. The maximum atomic E-state index is 10.6. The van der Waals surface area contributed by atoms with Gasteiger partial charge < -0.3 is 10.2 Å². The summed E-state index contributed by atoms with van der Waals surface area (Å²) < 4.78 is 0. The minimum atomic E-state index is -0.693. The van der Waals surface area contributed by atoms with Crippen LogP contribution < -0.4 is 0 Å². The number of aliphatic hydroxyl groups excluding tert-OH is 1. The van der Waals surface area contributed by atoms with E-state index in [1.807, 2.05) is 6.92 Å². The van der Waals surface area contributed by atoms with Crippen LogP contribution in [0.25, 0.3) is 0 Å². The van der Waals surface area contributed by atoms with Crippen molar-refractivity contribution < 1.29 is 15.0 Å². The van der Waals surface area contributed by atoms with E-state index in [9.17, 15) is 15.0 Å². The Balaban J connectivity index is 3.12. The van der Waals surface area contributed by atoms with Gasteiger partial charge in [0.25, 0.3) is 0 Å². The molecule has 1 rings (SSSR count). The van der Waals surface area contributed by atoms with E-state index in [4.69, 9.17) is 11.6 Å². The molecule has 15 heavy (non-hydrogen) atoms. The summed E-state index contributed by atoms with van der Waals surface area (Å²) in [4.78, 5) is 10.6. The Kier molecular flexibility index (Phi) is 4.12. The molecule has 0 bridgehead atoms. The van der Waals surface area contributed by atoms with Gasteiger partial charge in [0, 0.05) is 5.56 Å². The Labute approximate surface area is 93.3 Å². The molecule has 4 heteroatoms. The third-order valence-corrected chi connectivity index (χ3v) is 2.52. The van der Waals surface area contributed by atoms with E-state index in [0.29, 0.717) is 18.3 Å². The highest BCUT2D eigenvalue weighted by atomic mass is 35.5. The molecule has 82 valence electrons. The number of aldehydes is 1. The van der Waals surface area contributed by atoms with Gasteiger partial charge in [-0.3, -0.25) is 4.79 Å². The number of rotatable bonds is 4. The van der Waals surface area contributed by atoms with Gasteiger partial charge in [-0.05, 0) is 18.6 Å². The first-order chi connectivity index (χ1) is 7.10. The first kappa shape index (κ1) is 12.0. The van der Waals surface area contributed by atoms with Gasteiger partial charge >= 0.3 is 0 Å². The fourth-order valence-corrected chi connectivity index (χ4v) is 1.66. The number of hydrogen-bond donors (Lipinski definition) is 2. The van der Waals surface area contributed by atoms with Crippen LogP contribution in [0.15, 0.2) is 12.1 Å². The molecule has 0 heterocycles. The van der Waals surface area contributed by atoms with Crippen molar-refractivity contribution in [2.24, 2.45) is 0 Å². The molecule has 2 N–H and O–H groups in total. The third kappa shape index (κ3) is 2.70. The fraction of sp³-hybridized carbons (Fsp3) is 0.364. The minimum absolute atomic E-state index is 0.143. The van der Waals surface area contributed by atoms with Crippen molar-refractivity contribution in [3.63, 3.8) is 0 Å². The summed E-state index contributed by atoms with van der Waals surface area (Å²) in [6.07, 6.45) is 1.23. The van der Waals surface area contributed by atoms with E-state index in [2.05, 4.69) is 0 Å². The van der Waals surface area contributed by atoms with Crippen LogP contribution in [0.4, 0.5) is 0 Å². The molecule has 0 aliphatic rings. The van der Waals surface area contributed by atoms with Gasteiger partial charge in [0.2, 0.25) is 0 Å². The summed E-state index contributed by atoms with van der Waals surface area (Å²) in [5.41, 5.74) is 0.628. The molecule has 1 unspecified atom stereocenters.